The number of carbonyl (C=O) groups is 3. The molecule has 2 amide bonds. The van der Waals surface area contributed by atoms with Crippen molar-refractivity contribution in [3.05, 3.63) is 58.1 Å². The third kappa shape index (κ3) is 9.98. The van der Waals surface area contributed by atoms with Gasteiger partial charge in [0.1, 0.15) is 10.9 Å². The summed E-state index contributed by atoms with van der Waals surface area (Å²) in [6.45, 7) is 3.64. The molecule has 0 aliphatic carbocycles. The number of thiocarbonyl (C=S) groups is 1. The number of benzene rings is 1. The highest BCUT2D eigenvalue weighted by Crippen LogP contribution is 2.38. The number of thioether (sulfide) groups is 1. The van der Waals surface area contributed by atoms with Gasteiger partial charge in [0.05, 0.1) is 47.1 Å². The summed E-state index contributed by atoms with van der Waals surface area (Å²) in [4.78, 5) is 44.8. The molecule has 2 aromatic rings. The van der Waals surface area contributed by atoms with Gasteiger partial charge in [0, 0.05) is 44.7 Å². The third-order valence-corrected chi connectivity index (χ3v) is 8.17. The summed E-state index contributed by atoms with van der Waals surface area (Å²) in [7, 11) is 0. The van der Waals surface area contributed by atoms with Crippen LogP contribution in [0.2, 0.25) is 0 Å². The maximum atomic E-state index is 13.3. The predicted octanol–water partition coefficient (Wildman–Crippen LogP) is 4.76. The lowest BCUT2D eigenvalue weighted by molar-refractivity contribution is -0.145. The van der Waals surface area contributed by atoms with E-state index < -0.39 is 46.8 Å². The fourth-order valence-corrected chi connectivity index (χ4v) is 5.71. The lowest BCUT2D eigenvalue weighted by atomic mass is 10.0. The highest BCUT2D eigenvalue weighted by Gasteiger charge is 2.37. The van der Waals surface area contributed by atoms with Gasteiger partial charge in [-0.15, -0.1) is 0 Å². The first-order valence-corrected chi connectivity index (χ1v) is 15.2. The molecule has 2 aliphatic rings. The first-order valence-electron chi connectivity index (χ1n) is 14.0. The standard InChI is InChI=1S/C29H28F6N4O5S2/c30-28(31,32)19-14-18(15-20(16-19)29(33,34)35)22-3-1-2-21(37-22)17-23-26(42)39(27(45)46-23)7-5-24(40)36-6-4-25(41)44-13-10-38-8-11-43-12-9-38/h1-3,14-17H,4-13H2,(H,36,40)/b23-17-. The second-order valence-electron chi connectivity index (χ2n) is 10.1. The van der Waals surface area contributed by atoms with Crippen molar-refractivity contribution >= 4 is 52.2 Å². The first kappa shape index (κ1) is 35.3. The van der Waals surface area contributed by atoms with E-state index >= 15 is 0 Å². The Bertz CT molecular complexity index is 1460. The van der Waals surface area contributed by atoms with Crippen LogP contribution in [-0.4, -0.2) is 89.4 Å². The summed E-state index contributed by atoms with van der Waals surface area (Å²) in [6, 6.07) is 5.23. The van der Waals surface area contributed by atoms with Gasteiger partial charge in [0.15, 0.2) is 0 Å². The molecule has 2 saturated heterocycles. The van der Waals surface area contributed by atoms with Crippen molar-refractivity contribution in [2.24, 2.45) is 0 Å². The minimum atomic E-state index is -5.02. The van der Waals surface area contributed by atoms with Crippen LogP contribution < -0.4 is 5.32 Å². The van der Waals surface area contributed by atoms with E-state index in [0.717, 1.165) is 24.9 Å². The number of nitrogens with zero attached hydrogens (tertiary/aromatic N) is 3. The summed E-state index contributed by atoms with van der Waals surface area (Å²) in [5, 5.41) is 2.59. The summed E-state index contributed by atoms with van der Waals surface area (Å²) in [5.74, 6) is -1.42. The fourth-order valence-electron chi connectivity index (χ4n) is 4.41. The molecule has 2 fully saturated rings. The number of halogens is 6. The van der Waals surface area contributed by atoms with E-state index in [4.69, 9.17) is 21.7 Å². The van der Waals surface area contributed by atoms with E-state index in [0.29, 0.717) is 31.9 Å². The Balaban J connectivity index is 1.30. The summed E-state index contributed by atoms with van der Waals surface area (Å²) < 4.78 is 90.5. The number of rotatable bonds is 11. The van der Waals surface area contributed by atoms with E-state index in [2.05, 4.69) is 15.2 Å². The molecule has 0 atom stereocenters. The molecular formula is C29H28F6N4O5S2. The Morgan fingerprint density at radius 3 is 2.35 bits per heavy atom. The van der Waals surface area contributed by atoms with Crippen LogP contribution in [0.4, 0.5) is 26.3 Å². The monoisotopic (exact) mass is 690 g/mol. The Morgan fingerprint density at radius 1 is 1.02 bits per heavy atom. The van der Waals surface area contributed by atoms with Crippen LogP contribution in [0.15, 0.2) is 41.3 Å². The Morgan fingerprint density at radius 2 is 1.70 bits per heavy atom. The molecule has 0 bridgehead atoms. The molecule has 4 rings (SSSR count). The van der Waals surface area contributed by atoms with Crippen LogP contribution >= 0.6 is 24.0 Å². The number of amides is 2. The lowest BCUT2D eigenvalue weighted by Crippen LogP contribution is -2.38. The van der Waals surface area contributed by atoms with Crippen LogP contribution in [-0.2, 0) is 36.2 Å². The predicted molar refractivity (Wildman–Crippen MR) is 160 cm³/mol. The van der Waals surface area contributed by atoms with E-state index in [1.165, 1.54) is 29.2 Å². The molecule has 17 heteroatoms. The average Bonchev–Trinajstić information content (AvgIpc) is 3.26. The summed E-state index contributed by atoms with van der Waals surface area (Å²) in [6.07, 6.45) is -8.87. The van der Waals surface area contributed by atoms with E-state index in [1.807, 2.05) is 0 Å². The molecule has 1 aromatic heterocycles. The van der Waals surface area contributed by atoms with Crippen LogP contribution in [0.3, 0.4) is 0 Å². The van der Waals surface area contributed by atoms with E-state index in [1.54, 1.807) is 0 Å². The molecular weight excluding hydrogens is 662 g/mol. The quantitative estimate of drug-likeness (QED) is 0.155. The molecule has 46 heavy (non-hydrogen) atoms. The molecule has 1 N–H and O–H groups in total. The van der Waals surface area contributed by atoms with Gasteiger partial charge < -0.3 is 14.8 Å². The van der Waals surface area contributed by atoms with Crippen molar-refractivity contribution in [3.8, 4) is 11.3 Å². The van der Waals surface area contributed by atoms with Gasteiger partial charge in [0.2, 0.25) is 5.91 Å². The minimum absolute atomic E-state index is 0.0251. The van der Waals surface area contributed by atoms with Crippen LogP contribution in [0.5, 0.6) is 0 Å². The second-order valence-corrected chi connectivity index (χ2v) is 11.8. The maximum Gasteiger partial charge on any atom is 0.416 e. The molecule has 0 spiro atoms. The normalized spacial score (nSPS) is 17.1. The number of esters is 1. The third-order valence-electron chi connectivity index (χ3n) is 6.79. The van der Waals surface area contributed by atoms with Crippen LogP contribution in [0, 0.1) is 0 Å². The highest BCUT2D eigenvalue weighted by atomic mass is 32.2. The van der Waals surface area contributed by atoms with Crippen molar-refractivity contribution in [1.82, 2.24) is 20.1 Å². The number of nitrogens with one attached hydrogen (secondary N) is 1. The Hall–Kier alpha value is -3.54. The fraction of sp³-hybridized carbons (Fsp3) is 0.414. The van der Waals surface area contributed by atoms with Gasteiger partial charge in [-0.2, -0.15) is 26.3 Å². The van der Waals surface area contributed by atoms with Gasteiger partial charge in [-0.1, -0.05) is 30.0 Å². The van der Waals surface area contributed by atoms with Crippen molar-refractivity contribution < 1.29 is 50.2 Å². The van der Waals surface area contributed by atoms with Crippen molar-refractivity contribution in [2.75, 3.05) is 52.5 Å². The molecule has 0 saturated carbocycles. The molecule has 9 nitrogen and oxygen atoms in total. The number of morpholine rings is 1. The van der Waals surface area contributed by atoms with Gasteiger partial charge in [-0.25, -0.2) is 4.98 Å². The molecule has 0 radical (unpaired) electrons. The maximum absolute atomic E-state index is 13.3. The minimum Gasteiger partial charge on any atom is -0.464 e. The first-order chi connectivity index (χ1) is 21.7. The number of alkyl halides is 6. The van der Waals surface area contributed by atoms with Crippen molar-refractivity contribution in [1.29, 1.82) is 0 Å². The largest absolute Gasteiger partial charge is 0.464 e. The molecule has 3 heterocycles. The summed E-state index contributed by atoms with van der Waals surface area (Å²) >= 11 is 6.17. The number of hydrogen-bond acceptors (Lipinski definition) is 9. The second kappa shape index (κ2) is 15.4. The van der Waals surface area contributed by atoms with Crippen molar-refractivity contribution in [2.45, 2.75) is 25.2 Å². The number of carbonyl (C=O) groups excluding carboxylic acids is 3. The molecule has 248 valence electrons. The topological polar surface area (TPSA) is 101 Å². The van der Waals surface area contributed by atoms with Gasteiger partial charge >= 0.3 is 18.3 Å². The Labute approximate surface area is 269 Å². The number of pyridine rings is 1. The number of hydrogen-bond donors (Lipinski definition) is 1. The van der Waals surface area contributed by atoms with Gasteiger partial charge in [0.25, 0.3) is 5.91 Å². The van der Waals surface area contributed by atoms with Crippen LogP contribution in [0.25, 0.3) is 17.3 Å². The average molecular weight is 691 g/mol. The smallest absolute Gasteiger partial charge is 0.416 e. The highest BCUT2D eigenvalue weighted by molar-refractivity contribution is 8.26. The van der Waals surface area contributed by atoms with E-state index in [9.17, 15) is 40.7 Å². The zero-order chi connectivity index (χ0) is 33.5. The molecule has 2 aliphatic heterocycles. The Kier molecular flexibility index (Phi) is 11.8. The number of ether oxygens (including phenoxy) is 2. The van der Waals surface area contributed by atoms with Crippen molar-refractivity contribution in [3.63, 3.8) is 0 Å². The van der Waals surface area contributed by atoms with E-state index in [-0.39, 0.29) is 59.2 Å². The SMILES string of the molecule is O=C(CCN1C(=O)/C(=C/c2cccc(-c3cc(C(F)(F)F)cc(C(F)(F)F)c3)n2)SC1=S)NCCC(=O)OCCN1CCOCC1. The lowest BCUT2D eigenvalue weighted by Gasteiger charge is -2.26. The zero-order valence-corrected chi connectivity index (χ0v) is 25.7. The van der Waals surface area contributed by atoms with Gasteiger partial charge in [-0.05, 0) is 36.4 Å². The van der Waals surface area contributed by atoms with Crippen LogP contribution in [0.1, 0.15) is 29.7 Å². The summed E-state index contributed by atoms with van der Waals surface area (Å²) in [5.41, 5.74) is -3.43. The zero-order valence-electron chi connectivity index (χ0n) is 24.1. The molecule has 0 unspecified atom stereocenters. The molecule has 1 aromatic carbocycles. The number of aromatic nitrogens is 1. The van der Waals surface area contributed by atoms with Gasteiger partial charge in [-0.3, -0.25) is 24.2 Å².